The Morgan fingerprint density at radius 2 is 1.71 bits per heavy atom. The van der Waals surface area contributed by atoms with Gasteiger partial charge in [0.1, 0.15) is 11.5 Å². The molecule has 4 rings (SSSR count). The van der Waals surface area contributed by atoms with Crippen LogP contribution in [0.15, 0.2) is 65.1 Å². The number of rotatable bonds is 4. The smallest absolute Gasteiger partial charge is 0.379 e. The zero-order valence-electron chi connectivity index (χ0n) is 14.6. The number of benzene rings is 2. The molecule has 0 unspecified atom stereocenters. The van der Waals surface area contributed by atoms with Crippen molar-refractivity contribution >= 4 is 40.1 Å². The minimum absolute atomic E-state index is 0.00486. The van der Waals surface area contributed by atoms with Gasteiger partial charge in [0, 0.05) is 27.2 Å². The summed E-state index contributed by atoms with van der Waals surface area (Å²) in [7, 11) is 0. The average Bonchev–Trinajstić information content (AvgIpc) is 3.09. The lowest BCUT2D eigenvalue weighted by Crippen LogP contribution is -2.07. The minimum Gasteiger partial charge on any atom is -0.426 e. The van der Waals surface area contributed by atoms with E-state index in [1.165, 1.54) is 12.1 Å². The summed E-state index contributed by atoms with van der Waals surface area (Å²) in [5, 5.41) is 1.72. The second kappa shape index (κ2) is 7.54. The minimum atomic E-state index is -0.640. The number of fused-ring (bicyclic) bond motifs is 1. The second-order valence-electron chi connectivity index (χ2n) is 6.02. The number of esters is 1. The van der Waals surface area contributed by atoms with Crippen molar-refractivity contribution in [2.45, 2.75) is 6.92 Å². The lowest BCUT2D eigenvalue weighted by molar-refractivity contribution is 0.0696. The van der Waals surface area contributed by atoms with Gasteiger partial charge in [0.05, 0.1) is 5.52 Å². The number of ether oxygens (including phenoxy) is 2. The third-order valence-electron chi connectivity index (χ3n) is 3.85. The number of carbonyl (C=O) groups is 1. The molecule has 0 bridgehead atoms. The van der Waals surface area contributed by atoms with E-state index in [0.29, 0.717) is 21.5 Å². The summed E-state index contributed by atoms with van der Waals surface area (Å²) in [6, 6.07) is 16.8. The molecule has 0 spiro atoms. The first-order valence-electron chi connectivity index (χ1n) is 8.30. The Labute approximate surface area is 170 Å². The lowest BCUT2D eigenvalue weighted by atomic mass is 10.2. The highest BCUT2D eigenvalue weighted by Gasteiger charge is 2.15. The van der Waals surface area contributed by atoms with Crippen LogP contribution in [-0.2, 0) is 0 Å². The van der Waals surface area contributed by atoms with E-state index in [-0.39, 0.29) is 11.7 Å². The van der Waals surface area contributed by atoms with Crippen LogP contribution >= 0.6 is 23.2 Å². The first-order valence-corrected chi connectivity index (χ1v) is 9.05. The van der Waals surface area contributed by atoms with E-state index in [0.717, 1.165) is 16.6 Å². The molecular weight excluding hydrogens is 401 g/mol. The van der Waals surface area contributed by atoms with Gasteiger partial charge in [-0.3, -0.25) is 4.98 Å². The van der Waals surface area contributed by atoms with Gasteiger partial charge in [-0.05, 0) is 55.5 Å². The van der Waals surface area contributed by atoms with Crippen LogP contribution in [0.5, 0.6) is 17.4 Å². The van der Waals surface area contributed by atoms with Crippen LogP contribution < -0.4 is 9.47 Å². The molecule has 0 aliphatic heterocycles. The molecule has 0 saturated heterocycles. The summed E-state index contributed by atoms with van der Waals surface area (Å²) in [6.07, 6.45) is 0. The number of hydrogen-bond acceptors (Lipinski definition) is 5. The zero-order chi connectivity index (χ0) is 19.7. The Bertz CT molecular complexity index is 1170. The third kappa shape index (κ3) is 4.11. The lowest BCUT2D eigenvalue weighted by Gasteiger charge is -2.05. The third-order valence-corrected chi connectivity index (χ3v) is 4.28. The van der Waals surface area contributed by atoms with Crippen LogP contribution in [0.4, 0.5) is 0 Å². The topological polar surface area (TPSA) is 61.6 Å². The number of aryl methyl sites for hydroxylation is 1. The fourth-order valence-electron chi connectivity index (χ4n) is 2.61. The van der Waals surface area contributed by atoms with Gasteiger partial charge in [0.15, 0.2) is 0 Å². The summed E-state index contributed by atoms with van der Waals surface area (Å²) in [4.78, 5) is 16.8. The molecule has 2 heterocycles. The Morgan fingerprint density at radius 1 is 0.929 bits per heavy atom. The van der Waals surface area contributed by atoms with E-state index in [1.54, 1.807) is 36.4 Å². The predicted molar refractivity (Wildman–Crippen MR) is 107 cm³/mol. The van der Waals surface area contributed by atoms with Gasteiger partial charge in [-0.2, -0.15) is 0 Å². The standard InChI is InChI=1S/C21H13Cl2NO4/c1-12-2-3-13-8-16(4-5-18(13)24-12)27-21(25)19-6-7-20(28-19)26-17-10-14(22)9-15(23)11-17/h2-11H,1H3. The fraction of sp³-hybridized carbons (Fsp3) is 0.0476. The molecule has 2 aromatic heterocycles. The highest BCUT2D eigenvalue weighted by Crippen LogP contribution is 2.30. The molecule has 0 N–H and O–H groups in total. The largest absolute Gasteiger partial charge is 0.426 e. The summed E-state index contributed by atoms with van der Waals surface area (Å²) >= 11 is 11.9. The van der Waals surface area contributed by atoms with Crippen LogP contribution in [0.3, 0.4) is 0 Å². The molecule has 0 saturated carbocycles. The molecule has 28 heavy (non-hydrogen) atoms. The number of furan rings is 1. The van der Waals surface area contributed by atoms with Gasteiger partial charge < -0.3 is 13.9 Å². The number of pyridine rings is 1. The normalized spacial score (nSPS) is 10.8. The van der Waals surface area contributed by atoms with E-state index in [9.17, 15) is 4.79 Å². The van der Waals surface area contributed by atoms with Gasteiger partial charge in [0.2, 0.25) is 5.76 Å². The van der Waals surface area contributed by atoms with Crippen LogP contribution in [0.25, 0.3) is 10.9 Å². The Morgan fingerprint density at radius 3 is 2.50 bits per heavy atom. The van der Waals surface area contributed by atoms with Gasteiger partial charge in [-0.1, -0.05) is 29.3 Å². The van der Waals surface area contributed by atoms with Crippen molar-refractivity contribution in [3.8, 4) is 17.4 Å². The number of hydrogen-bond donors (Lipinski definition) is 0. The summed E-state index contributed by atoms with van der Waals surface area (Å²) in [5.74, 6) is 0.264. The van der Waals surface area contributed by atoms with Crippen molar-refractivity contribution in [1.82, 2.24) is 4.98 Å². The molecule has 4 aromatic rings. The van der Waals surface area contributed by atoms with Gasteiger partial charge in [-0.25, -0.2) is 4.79 Å². The molecule has 5 nitrogen and oxygen atoms in total. The predicted octanol–water partition coefficient (Wildman–Crippen LogP) is 6.45. The number of aromatic nitrogens is 1. The summed E-state index contributed by atoms with van der Waals surface area (Å²) < 4.78 is 16.3. The number of halogens is 2. The number of nitrogens with zero attached hydrogens (tertiary/aromatic N) is 1. The molecule has 0 aliphatic carbocycles. The van der Waals surface area contributed by atoms with E-state index in [1.807, 2.05) is 19.1 Å². The van der Waals surface area contributed by atoms with Gasteiger partial charge in [0.25, 0.3) is 5.95 Å². The van der Waals surface area contributed by atoms with Crippen LogP contribution in [0.1, 0.15) is 16.2 Å². The van der Waals surface area contributed by atoms with Crippen molar-refractivity contribution in [3.05, 3.63) is 82.2 Å². The van der Waals surface area contributed by atoms with Crippen LogP contribution in [0.2, 0.25) is 10.0 Å². The molecule has 0 radical (unpaired) electrons. The molecular formula is C21H13Cl2NO4. The van der Waals surface area contributed by atoms with Crippen LogP contribution in [-0.4, -0.2) is 11.0 Å². The SMILES string of the molecule is Cc1ccc2cc(OC(=O)c3ccc(Oc4cc(Cl)cc(Cl)c4)o3)ccc2n1. The summed E-state index contributed by atoms with van der Waals surface area (Å²) in [6.45, 7) is 1.92. The highest BCUT2D eigenvalue weighted by atomic mass is 35.5. The van der Waals surface area contributed by atoms with Gasteiger partial charge in [-0.15, -0.1) is 0 Å². The maximum absolute atomic E-state index is 12.3. The fourth-order valence-corrected chi connectivity index (χ4v) is 3.12. The van der Waals surface area contributed by atoms with Gasteiger partial charge >= 0.3 is 5.97 Å². The molecule has 2 aromatic carbocycles. The van der Waals surface area contributed by atoms with E-state index in [4.69, 9.17) is 37.1 Å². The Kier molecular flexibility index (Phi) is 4.94. The quantitative estimate of drug-likeness (QED) is 0.284. The highest BCUT2D eigenvalue weighted by molar-refractivity contribution is 6.34. The second-order valence-corrected chi connectivity index (χ2v) is 6.90. The monoisotopic (exact) mass is 413 g/mol. The van der Waals surface area contributed by atoms with Crippen molar-refractivity contribution in [2.75, 3.05) is 0 Å². The Hall–Kier alpha value is -3.02. The molecule has 0 aliphatic rings. The zero-order valence-corrected chi connectivity index (χ0v) is 16.1. The van der Waals surface area contributed by atoms with Crippen molar-refractivity contribution in [1.29, 1.82) is 0 Å². The van der Waals surface area contributed by atoms with Crippen molar-refractivity contribution in [2.24, 2.45) is 0 Å². The maximum Gasteiger partial charge on any atom is 0.379 e. The molecule has 0 atom stereocenters. The molecule has 0 fully saturated rings. The molecule has 140 valence electrons. The van der Waals surface area contributed by atoms with E-state index >= 15 is 0 Å². The van der Waals surface area contributed by atoms with E-state index < -0.39 is 5.97 Å². The first-order chi connectivity index (χ1) is 13.5. The molecule has 0 amide bonds. The van der Waals surface area contributed by atoms with Crippen molar-refractivity contribution in [3.63, 3.8) is 0 Å². The average molecular weight is 414 g/mol. The number of carbonyl (C=O) groups excluding carboxylic acids is 1. The van der Waals surface area contributed by atoms with Crippen LogP contribution in [0, 0.1) is 6.92 Å². The maximum atomic E-state index is 12.3. The summed E-state index contributed by atoms with van der Waals surface area (Å²) in [5.41, 5.74) is 1.75. The molecule has 7 heteroatoms. The first kappa shape index (κ1) is 18.3. The van der Waals surface area contributed by atoms with E-state index in [2.05, 4.69) is 4.98 Å². The Balaban J connectivity index is 1.49. The van der Waals surface area contributed by atoms with Crippen molar-refractivity contribution < 1.29 is 18.7 Å².